The zero-order chi connectivity index (χ0) is 11.9. The third-order valence-corrected chi connectivity index (χ3v) is 6.87. The van der Waals surface area contributed by atoms with Crippen molar-refractivity contribution in [2.75, 3.05) is 0 Å². The fourth-order valence-corrected chi connectivity index (χ4v) is 7.14. The summed E-state index contributed by atoms with van der Waals surface area (Å²) in [6, 6.07) is 0. The summed E-state index contributed by atoms with van der Waals surface area (Å²) in [5.74, 6) is 0. The van der Waals surface area contributed by atoms with Gasteiger partial charge in [-0.3, -0.25) is 0 Å². The zero-order valence-electron chi connectivity index (χ0n) is 11.3. The third kappa shape index (κ3) is 2.94. The molecule has 0 aliphatic heterocycles. The molecule has 0 aromatic heterocycles. The number of rotatable bonds is 1. The van der Waals surface area contributed by atoms with E-state index in [1.807, 2.05) is 0 Å². The van der Waals surface area contributed by atoms with Crippen molar-refractivity contribution in [3.05, 3.63) is 23.8 Å². The summed E-state index contributed by atoms with van der Waals surface area (Å²) in [5, 5.41) is 0.837. The van der Waals surface area contributed by atoms with Crippen molar-refractivity contribution in [3.63, 3.8) is 0 Å². The van der Waals surface area contributed by atoms with Crippen molar-refractivity contribution in [2.45, 2.75) is 64.4 Å². The predicted molar refractivity (Wildman–Crippen MR) is 73.1 cm³/mol. The molecule has 1 aliphatic rings. The van der Waals surface area contributed by atoms with Gasteiger partial charge in [0.05, 0.1) is 0 Å². The first-order valence-corrected chi connectivity index (χ1v) is 7.19. The van der Waals surface area contributed by atoms with E-state index in [1.165, 1.54) is 0 Å². The Morgan fingerprint density at radius 3 is 1.73 bits per heavy atom. The monoisotopic (exact) mass is 224 g/mol. The smallest absolute Gasteiger partial charge is 0.0192 e. The summed E-state index contributed by atoms with van der Waals surface area (Å²) >= 11 is 0. The van der Waals surface area contributed by atoms with Crippen molar-refractivity contribution < 1.29 is 0 Å². The van der Waals surface area contributed by atoms with Crippen molar-refractivity contribution in [2.24, 2.45) is 0 Å². The van der Waals surface area contributed by atoms with Crippen molar-refractivity contribution >= 4 is 7.92 Å². The number of hydrogen-bond donors (Lipinski definition) is 0. The van der Waals surface area contributed by atoms with E-state index >= 15 is 0 Å². The van der Waals surface area contributed by atoms with Gasteiger partial charge in [0.1, 0.15) is 0 Å². The molecule has 1 atom stereocenters. The second-order valence-corrected chi connectivity index (χ2v) is 10.4. The highest BCUT2D eigenvalue weighted by Gasteiger charge is 2.39. The molecular weight excluding hydrogens is 199 g/mol. The Bertz CT molecular complexity index is 269. The molecule has 0 spiro atoms. The van der Waals surface area contributed by atoms with Gasteiger partial charge in [-0.25, -0.2) is 0 Å². The van der Waals surface area contributed by atoms with Gasteiger partial charge in [-0.05, 0) is 17.2 Å². The average Bonchev–Trinajstić information content (AvgIpc) is 2.30. The van der Waals surface area contributed by atoms with Crippen molar-refractivity contribution in [3.8, 4) is 0 Å². The predicted octanol–water partition coefficient (Wildman–Crippen LogP) is 4.95. The molecule has 0 saturated carbocycles. The van der Waals surface area contributed by atoms with E-state index in [4.69, 9.17) is 0 Å². The van der Waals surface area contributed by atoms with Gasteiger partial charge in [0.2, 0.25) is 0 Å². The lowest BCUT2D eigenvalue weighted by Gasteiger charge is -2.45. The van der Waals surface area contributed by atoms with Crippen LogP contribution in [0.5, 0.6) is 0 Å². The molecule has 1 rings (SSSR count). The highest BCUT2D eigenvalue weighted by Crippen LogP contribution is 2.64. The zero-order valence-corrected chi connectivity index (χ0v) is 12.2. The first-order valence-electron chi connectivity index (χ1n) is 5.78. The van der Waals surface area contributed by atoms with Crippen LogP contribution in [-0.4, -0.2) is 16.0 Å². The molecule has 0 fully saturated rings. The molecule has 0 amide bonds. The van der Waals surface area contributed by atoms with Gasteiger partial charge in [-0.2, -0.15) is 0 Å². The summed E-state index contributed by atoms with van der Waals surface area (Å²) in [5.41, 5.74) is 2.24. The molecule has 0 aromatic rings. The molecule has 0 nitrogen and oxygen atoms in total. The molecule has 0 aromatic carbocycles. The molecular formula is C14H25P. The summed E-state index contributed by atoms with van der Waals surface area (Å²) in [4.78, 5) is 0. The fraction of sp³-hybridized carbons (Fsp3) is 0.714. The van der Waals surface area contributed by atoms with E-state index in [1.54, 1.807) is 5.57 Å². The third-order valence-electron chi connectivity index (χ3n) is 2.84. The lowest BCUT2D eigenvalue weighted by atomic mass is 10.2. The minimum atomic E-state index is -0.0383. The molecule has 0 radical (unpaired) electrons. The van der Waals surface area contributed by atoms with Crippen LogP contribution in [0, 0.1) is 0 Å². The Morgan fingerprint density at radius 1 is 1.00 bits per heavy atom. The second-order valence-electron chi connectivity index (χ2n) is 6.45. The number of hydrogen-bond acceptors (Lipinski definition) is 0. The summed E-state index contributed by atoms with van der Waals surface area (Å²) < 4.78 is 0. The van der Waals surface area contributed by atoms with Gasteiger partial charge < -0.3 is 0 Å². The van der Waals surface area contributed by atoms with E-state index < -0.39 is 0 Å². The summed E-state index contributed by atoms with van der Waals surface area (Å²) in [6.45, 7) is 16.6. The van der Waals surface area contributed by atoms with Crippen molar-refractivity contribution in [1.82, 2.24) is 0 Å². The number of allylic oxidation sites excluding steroid dienone is 4. The van der Waals surface area contributed by atoms with Gasteiger partial charge in [0.25, 0.3) is 0 Å². The maximum Gasteiger partial charge on any atom is 0.0192 e. The van der Waals surface area contributed by atoms with Crippen LogP contribution in [-0.2, 0) is 0 Å². The Morgan fingerprint density at radius 2 is 1.47 bits per heavy atom. The van der Waals surface area contributed by atoms with E-state index in [-0.39, 0.29) is 7.92 Å². The Hall–Kier alpha value is -0.0900. The van der Waals surface area contributed by atoms with Gasteiger partial charge in [0.15, 0.2) is 0 Å². The molecule has 1 heteroatoms. The van der Waals surface area contributed by atoms with E-state index in [9.17, 15) is 0 Å². The van der Waals surface area contributed by atoms with Gasteiger partial charge in [0, 0.05) is 5.66 Å². The lowest BCUT2D eigenvalue weighted by molar-refractivity contribution is 0.699. The Labute approximate surface area is 96.6 Å². The molecule has 86 valence electrons. The highest BCUT2D eigenvalue weighted by molar-refractivity contribution is 7.62. The van der Waals surface area contributed by atoms with Crippen LogP contribution in [0.3, 0.4) is 0 Å². The van der Waals surface area contributed by atoms with Crippen LogP contribution in [0.1, 0.15) is 48.5 Å². The van der Waals surface area contributed by atoms with Gasteiger partial charge in [-0.15, -0.1) is 0 Å². The van der Waals surface area contributed by atoms with Gasteiger partial charge >= 0.3 is 0 Å². The fourth-order valence-electron chi connectivity index (χ4n) is 2.69. The van der Waals surface area contributed by atoms with E-state index in [0.717, 1.165) is 0 Å². The first kappa shape index (κ1) is 13.0. The molecule has 0 saturated heterocycles. The highest BCUT2D eigenvalue weighted by atomic mass is 31.1. The van der Waals surface area contributed by atoms with E-state index in [0.29, 0.717) is 16.0 Å². The maximum atomic E-state index is 2.40. The lowest BCUT2D eigenvalue weighted by Crippen LogP contribution is -2.30. The SMILES string of the molecule is CC1=CC=CC1P(C(C)(C)C)C(C)(C)C. The molecule has 1 aliphatic carbocycles. The van der Waals surface area contributed by atoms with Crippen molar-refractivity contribution in [1.29, 1.82) is 0 Å². The average molecular weight is 224 g/mol. The quantitative estimate of drug-likeness (QED) is 0.553. The standard InChI is InChI=1S/C14H25P/c1-11-9-8-10-12(11)15(13(2,3)4)14(5,6)7/h8-10,12H,1-7H3. The Kier molecular flexibility index (Phi) is 3.51. The Balaban J connectivity index is 3.03. The molecule has 0 heterocycles. The molecule has 1 unspecified atom stereocenters. The first-order chi connectivity index (χ1) is 6.64. The van der Waals surface area contributed by atoms with Crippen LogP contribution < -0.4 is 0 Å². The molecule has 0 bridgehead atoms. The summed E-state index contributed by atoms with van der Waals surface area (Å²) in [7, 11) is -0.0383. The largest absolute Gasteiger partial charge is 0.0843 e. The molecule has 15 heavy (non-hydrogen) atoms. The van der Waals surface area contributed by atoms with E-state index in [2.05, 4.69) is 66.7 Å². The molecule has 0 N–H and O–H groups in total. The van der Waals surface area contributed by atoms with Crippen LogP contribution in [0.25, 0.3) is 0 Å². The minimum absolute atomic E-state index is 0.0383. The summed E-state index contributed by atoms with van der Waals surface area (Å²) in [6.07, 6.45) is 6.90. The normalized spacial score (nSPS) is 22.4. The van der Waals surface area contributed by atoms with Crippen LogP contribution >= 0.6 is 7.92 Å². The van der Waals surface area contributed by atoms with Crippen LogP contribution in [0.4, 0.5) is 0 Å². The minimum Gasteiger partial charge on any atom is -0.0843 e. The topological polar surface area (TPSA) is 0 Å². The maximum absolute atomic E-state index is 2.40. The van der Waals surface area contributed by atoms with Gasteiger partial charge in [-0.1, -0.05) is 73.3 Å². The van der Waals surface area contributed by atoms with Crippen LogP contribution in [0.15, 0.2) is 23.8 Å². The second kappa shape index (κ2) is 4.06. The van der Waals surface area contributed by atoms with Crippen LogP contribution in [0.2, 0.25) is 0 Å².